The number of hydrogen-bond donors (Lipinski definition) is 0. The van der Waals surface area contributed by atoms with Crippen LogP contribution < -0.4 is 4.40 Å². The zero-order valence-electron chi connectivity index (χ0n) is 10.2. The summed E-state index contributed by atoms with van der Waals surface area (Å²) >= 11 is 0. The number of fused-ring (bicyclic) bond motifs is 7. The van der Waals surface area contributed by atoms with E-state index in [1.165, 1.54) is 16.8 Å². The van der Waals surface area contributed by atoms with Crippen LogP contribution in [-0.2, 0) is 6.54 Å². The average Bonchev–Trinajstić information content (AvgIpc) is 3.05. The number of benzene rings is 1. The number of imidazole rings is 2. The van der Waals surface area contributed by atoms with E-state index in [-0.39, 0.29) is 0 Å². The monoisotopic (exact) mass is 247 g/mol. The molecule has 90 valence electrons. The van der Waals surface area contributed by atoms with E-state index in [2.05, 4.69) is 61.2 Å². The predicted molar refractivity (Wildman–Crippen MR) is 70.9 cm³/mol. The number of rotatable bonds is 0. The van der Waals surface area contributed by atoms with Gasteiger partial charge in [-0.15, -0.1) is 0 Å². The summed E-state index contributed by atoms with van der Waals surface area (Å²) in [5, 5.41) is 0. The highest BCUT2D eigenvalue weighted by Crippen LogP contribution is 2.32. The third-order valence-corrected chi connectivity index (χ3v) is 3.89. The zero-order valence-corrected chi connectivity index (χ0v) is 10.2. The summed E-state index contributed by atoms with van der Waals surface area (Å²) in [6.07, 6.45) is 8.15. The lowest BCUT2D eigenvalue weighted by Crippen LogP contribution is -2.16. The van der Waals surface area contributed by atoms with Gasteiger partial charge in [-0.2, -0.15) is 4.40 Å². The quantitative estimate of drug-likeness (QED) is 0.384. The molecule has 0 atom stereocenters. The molecule has 0 saturated heterocycles. The Labute approximate surface area is 109 Å². The maximum atomic E-state index is 4.39. The van der Waals surface area contributed by atoms with Gasteiger partial charge in [0.2, 0.25) is 5.65 Å². The highest BCUT2D eigenvalue weighted by molar-refractivity contribution is 5.69. The van der Waals surface area contributed by atoms with Gasteiger partial charge < -0.3 is 0 Å². The molecule has 4 nitrogen and oxygen atoms in total. The summed E-state index contributed by atoms with van der Waals surface area (Å²) in [5.41, 5.74) is 4.98. The van der Waals surface area contributed by atoms with Gasteiger partial charge in [-0.1, -0.05) is 24.3 Å². The highest BCUT2D eigenvalue weighted by Gasteiger charge is 2.29. The molecule has 0 amide bonds. The number of aromatic nitrogens is 4. The summed E-state index contributed by atoms with van der Waals surface area (Å²) in [6.45, 7) is 0.934. The Morgan fingerprint density at radius 1 is 1.11 bits per heavy atom. The van der Waals surface area contributed by atoms with Crippen molar-refractivity contribution >= 4 is 11.4 Å². The van der Waals surface area contributed by atoms with Gasteiger partial charge in [0.05, 0.1) is 12.7 Å². The molecule has 1 aromatic carbocycles. The molecule has 0 radical (unpaired) electrons. The van der Waals surface area contributed by atoms with Gasteiger partial charge >= 0.3 is 5.78 Å². The maximum Gasteiger partial charge on any atom is 0.376 e. The third kappa shape index (κ3) is 1.04. The second kappa shape index (κ2) is 3.03. The molecule has 4 aromatic rings. The average molecular weight is 247 g/mol. The van der Waals surface area contributed by atoms with Crippen molar-refractivity contribution < 1.29 is 4.40 Å². The first-order valence-corrected chi connectivity index (χ1v) is 6.37. The molecule has 0 unspecified atom stereocenters. The van der Waals surface area contributed by atoms with E-state index in [0.717, 1.165) is 18.0 Å². The zero-order chi connectivity index (χ0) is 12.4. The van der Waals surface area contributed by atoms with Crippen molar-refractivity contribution in [3.05, 3.63) is 60.7 Å². The van der Waals surface area contributed by atoms with Crippen molar-refractivity contribution in [2.24, 2.45) is 0 Å². The first-order valence-electron chi connectivity index (χ1n) is 6.37. The number of hydrogen-bond acceptors (Lipinski definition) is 1. The van der Waals surface area contributed by atoms with E-state index in [9.17, 15) is 0 Å². The topological polar surface area (TPSA) is 26.3 Å². The van der Waals surface area contributed by atoms with Crippen molar-refractivity contribution in [2.45, 2.75) is 6.54 Å². The Morgan fingerprint density at radius 3 is 3.05 bits per heavy atom. The van der Waals surface area contributed by atoms with Gasteiger partial charge in [0.15, 0.2) is 0 Å². The first-order chi connectivity index (χ1) is 9.42. The van der Waals surface area contributed by atoms with E-state index in [1.54, 1.807) is 0 Å². The van der Waals surface area contributed by atoms with Gasteiger partial charge in [-0.3, -0.25) is 0 Å². The predicted octanol–water partition coefficient (Wildman–Crippen LogP) is 1.90. The van der Waals surface area contributed by atoms with Gasteiger partial charge in [0.25, 0.3) is 0 Å². The standard InChI is InChI=1S/C15H11N4/c1-2-5-12-11(4-1)8-19-13(12)9-17-10-14-16-6-3-7-18(14)15(17)19/h1-7,9-10H,8H2/q+1. The first kappa shape index (κ1) is 9.33. The van der Waals surface area contributed by atoms with Crippen LogP contribution >= 0.6 is 0 Å². The minimum atomic E-state index is 0.934. The molecule has 5 rings (SSSR count). The van der Waals surface area contributed by atoms with Crippen LogP contribution in [0.25, 0.3) is 22.7 Å². The lowest BCUT2D eigenvalue weighted by Gasteiger charge is -1.93. The fourth-order valence-corrected chi connectivity index (χ4v) is 3.08. The fraction of sp³-hybridized carbons (Fsp3) is 0.0667. The van der Waals surface area contributed by atoms with Crippen LogP contribution in [0.3, 0.4) is 0 Å². The van der Waals surface area contributed by atoms with E-state index >= 15 is 0 Å². The summed E-state index contributed by atoms with van der Waals surface area (Å²) in [7, 11) is 0. The summed E-state index contributed by atoms with van der Waals surface area (Å²) < 4.78 is 6.64. The normalized spacial score (nSPS) is 13.1. The summed E-state index contributed by atoms with van der Waals surface area (Å²) in [5.74, 6) is 1.16. The minimum Gasteiger partial charge on any atom is -0.223 e. The van der Waals surface area contributed by atoms with Crippen LogP contribution in [0, 0.1) is 0 Å². The van der Waals surface area contributed by atoms with Crippen molar-refractivity contribution in [3.8, 4) is 11.3 Å². The molecule has 1 aliphatic rings. The van der Waals surface area contributed by atoms with Crippen molar-refractivity contribution in [2.75, 3.05) is 0 Å². The highest BCUT2D eigenvalue weighted by atomic mass is 15.3. The molecular formula is C15H11N4+. The molecule has 3 aromatic heterocycles. The molecule has 4 heteroatoms. The van der Waals surface area contributed by atoms with Crippen LogP contribution in [0.2, 0.25) is 0 Å². The van der Waals surface area contributed by atoms with E-state index in [4.69, 9.17) is 0 Å². The van der Waals surface area contributed by atoms with Crippen molar-refractivity contribution in [3.63, 3.8) is 0 Å². The van der Waals surface area contributed by atoms with Gasteiger partial charge in [-0.05, 0) is 11.6 Å². The van der Waals surface area contributed by atoms with Crippen molar-refractivity contribution in [1.82, 2.24) is 14.0 Å². The fourth-order valence-electron chi connectivity index (χ4n) is 3.08. The molecule has 0 aliphatic carbocycles. The minimum absolute atomic E-state index is 0.934. The molecule has 1 aliphatic heterocycles. The number of nitrogens with zero attached hydrogens (tertiary/aromatic N) is 4. The Balaban J connectivity index is 1.94. The third-order valence-electron chi connectivity index (χ3n) is 3.89. The lowest BCUT2D eigenvalue weighted by atomic mass is 10.1. The molecule has 0 spiro atoms. The van der Waals surface area contributed by atoms with Crippen LogP contribution in [0.4, 0.5) is 0 Å². The summed E-state index contributed by atoms with van der Waals surface area (Å²) in [6, 6.07) is 10.6. The van der Waals surface area contributed by atoms with Crippen molar-refractivity contribution in [1.29, 1.82) is 0 Å². The van der Waals surface area contributed by atoms with Gasteiger partial charge in [-0.25, -0.2) is 14.0 Å². The van der Waals surface area contributed by atoms with Gasteiger partial charge in [0, 0.05) is 11.8 Å². The van der Waals surface area contributed by atoms with E-state index < -0.39 is 0 Å². The smallest absolute Gasteiger partial charge is 0.223 e. The Bertz CT molecular complexity index is 945. The van der Waals surface area contributed by atoms with Gasteiger partial charge in [0.1, 0.15) is 18.1 Å². The molecule has 0 saturated carbocycles. The summed E-state index contributed by atoms with van der Waals surface area (Å²) in [4.78, 5) is 4.39. The SMILES string of the molecule is c1ccc2c(c1)Cn1c-2c[n+]2cc3ncccn3c12. The molecule has 19 heavy (non-hydrogen) atoms. The molecule has 0 bridgehead atoms. The van der Waals surface area contributed by atoms with E-state index in [1.807, 2.05) is 12.3 Å². The maximum absolute atomic E-state index is 4.39. The Kier molecular flexibility index (Phi) is 1.49. The molecule has 4 heterocycles. The largest absolute Gasteiger partial charge is 0.376 e. The van der Waals surface area contributed by atoms with Crippen LogP contribution in [-0.4, -0.2) is 14.0 Å². The van der Waals surface area contributed by atoms with Crippen LogP contribution in [0.5, 0.6) is 0 Å². The second-order valence-electron chi connectivity index (χ2n) is 4.94. The molecule has 0 N–H and O–H groups in total. The second-order valence-corrected chi connectivity index (χ2v) is 4.94. The molecular weight excluding hydrogens is 236 g/mol. The molecule has 0 fully saturated rings. The van der Waals surface area contributed by atoms with Crippen LogP contribution in [0.1, 0.15) is 5.56 Å². The Morgan fingerprint density at radius 2 is 2.05 bits per heavy atom. The lowest BCUT2D eigenvalue weighted by molar-refractivity contribution is -0.508. The van der Waals surface area contributed by atoms with Crippen LogP contribution in [0.15, 0.2) is 55.1 Å². The van der Waals surface area contributed by atoms with E-state index in [0.29, 0.717) is 0 Å². The Hall–Kier alpha value is -2.62.